The minimum absolute atomic E-state index is 0.0784. The highest BCUT2D eigenvalue weighted by molar-refractivity contribution is 7.92. The van der Waals surface area contributed by atoms with Crippen molar-refractivity contribution in [3.05, 3.63) is 47.7 Å². The number of aromatic nitrogens is 3. The van der Waals surface area contributed by atoms with E-state index >= 15 is 0 Å². The fraction of sp³-hybridized carbons (Fsp3) is 0.400. The highest BCUT2D eigenvalue weighted by Crippen LogP contribution is 2.28. The molecule has 1 saturated heterocycles. The number of nitrogens with zero attached hydrogens (tertiary/aromatic N) is 5. The molecule has 15 heteroatoms. The number of amides is 2. The molecule has 0 radical (unpaired) electrons. The fourth-order valence-corrected chi connectivity index (χ4v) is 5.16. The maximum atomic E-state index is 13.0. The molecule has 2 unspecified atom stereocenters. The minimum Gasteiger partial charge on any atom is -0.490 e. The Kier molecular flexibility index (Phi) is 9.98. The third-order valence-electron chi connectivity index (χ3n) is 6.15. The van der Waals surface area contributed by atoms with Crippen LogP contribution < -0.4 is 26.2 Å². The van der Waals surface area contributed by atoms with E-state index in [1.54, 1.807) is 12.3 Å². The average Bonchev–Trinajstić information content (AvgIpc) is 3.55. The molecule has 214 valence electrons. The molecule has 0 saturated carbocycles. The van der Waals surface area contributed by atoms with Crippen LogP contribution in [0, 0.1) is 0 Å². The van der Waals surface area contributed by atoms with Crippen molar-refractivity contribution >= 4 is 46.2 Å². The molecule has 5 N–H and O–H groups in total. The Labute approximate surface area is 240 Å². The predicted molar refractivity (Wildman–Crippen MR) is 152 cm³/mol. The monoisotopic (exact) mass is 589 g/mol. The summed E-state index contributed by atoms with van der Waals surface area (Å²) < 4.78 is 16.3. The van der Waals surface area contributed by atoms with E-state index in [0.29, 0.717) is 12.3 Å². The molecule has 4 rings (SSSR count). The van der Waals surface area contributed by atoms with Crippen LogP contribution in [-0.2, 0) is 32.2 Å². The van der Waals surface area contributed by atoms with Crippen LogP contribution in [0.15, 0.2) is 47.2 Å². The number of carbonyl (C=O) groups excluding carboxylic acids is 2. The first kappa shape index (κ1) is 29.3. The summed E-state index contributed by atoms with van der Waals surface area (Å²) in [6, 6.07) is 6.77. The Morgan fingerprint density at radius 2 is 2.05 bits per heavy atom. The van der Waals surface area contributed by atoms with Crippen molar-refractivity contribution in [2.24, 2.45) is 17.9 Å². The number of aryl methyl sites for hydroxylation is 2. The van der Waals surface area contributed by atoms with Gasteiger partial charge in [-0.3, -0.25) is 18.1 Å². The van der Waals surface area contributed by atoms with Gasteiger partial charge in [0, 0.05) is 5.38 Å². The lowest BCUT2D eigenvalue weighted by Gasteiger charge is -2.42. The number of nitrogens with two attached hydrogens (primary N) is 2. The van der Waals surface area contributed by atoms with Crippen LogP contribution in [0.3, 0.4) is 0 Å². The average molecular weight is 590 g/mol. The predicted octanol–water partition coefficient (Wildman–Crippen LogP) is 1.09. The fourth-order valence-electron chi connectivity index (χ4n) is 4.01. The highest BCUT2D eigenvalue weighted by Gasteiger charge is 2.47. The van der Waals surface area contributed by atoms with Gasteiger partial charge >= 0.3 is 0 Å². The molecule has 1 aromatic carbocycles. The van der Waals surface area contributed by atoms with Gasteiger partial charge in [0.15, 0.2) is 24.5 Å². The molecular weight excluding hydrogens is 556 g/mol. The first-order chi connectivity index (χ1) is 19.3. The second-order valence-corrected chi connectivity index (χ2v) is 10.7. The van der Waals surface area contributed by atoms with Crippen molar-refractivity contribution in [3.63, 3.8) is 0 Å². The van der Waals surface area contributed by atoms with Crippen molar-refractivity contribution in [2.75, 3.05) is 32.6 Å². The largest absolute Gasteiger partial charge is 0.490 e. The van der Waals surface area contributed by atoms with E-state index in [0.717, 1.165) is 36.3 Å². The maximum absolute atomic E-state index is 13.0. The van der Waals surface area contributed by atoms with Crippen LogP contribution in [0.2, 0.25) is 0 Å². The first-order valence-electron chi connectivity index (χ1n) is 12.6. The number of rotatable bonds is 14. The smallest absolute Gasteiger partial charge is 0.276 e. The molecule has 0 aliphatic carbocycles. The lowest BCUT2D eigenvalue weighted by atomic mass is 10.0. The lowest BCUT2D eigenvalue weighted by Crippen LogP contribution is -2.67. The molecule has 2 atom stereocenters. The second kappa shape index (κ2) is 13.6. The van der Waals surface area contributed by atoms with Gasteiger partial charge in [-0.1, -0.05) is 17.3 Å². The number of oxime groups is 1. The molecule has 3 heterocycles. The Morgan fingerprint density at radius 1 is 1.27 bits per heavy atom. The Balaban J connectivity index is 1.31. The number of hydrogen-bond acceptors (Lipinski definition) is 11. The van der Waals surface area contributed by atoms with Crippen molar-refractivity contribution in [3.8, 4) is 16.9 Å². The normalized spacial score (nSPS) is 17.1. The van der Waals surface area contributed by atoms with Crippen LogP contribution in [0.1, 0.15) is 19.0 Å². The molecule has 0 spiro atoms. The van der Waals surface area contributed by atoms with Crippen LogP contribution in [0.5, 0.6) is 5.75 Å². The van der Waals surface area contributed by atoms with Crippen molar-refractivity contribution in [1.82, 2.24) is 19.3 Å². The zero-order valence-corrected chi connectivity index (χ0v) is 24.1. The van der Waals surface area contributed by atoms with E-state index in [2.05, 4.69) is 32.5 Å². The standard InChI is InChI=1S/C25H32N8O5S2/c1-16-21(24(35)33(16)40-36-3)29-23(34)22(20-15-39-25(27)28-20)30-38-12-11-37-19-7-5-17(6-8-19)18-13-31(2)32(14-18)10-4-9-26/h5-8,13-16,21H,4,9-12,26H2,1-3H3,(H2-,27,28,29,34)/p+1/b30-22-. The van der Waals surface area contributed by atoms with Gasteiger partial charge < -0.3 is 26.4 Å². The summed E-state index contributed by atoms with van der Waals surface area (Å²) >= 11 is 2.09. The quantitative estimate of drug-likeness (QED) is 0.0475. The van der Waals surface area contributed by atoms with Gasteiger partial charge in [0.2, 0.25) is 6.20 Å². The maximum Gasteiger partial charge on any atom is 0.276 e. The first-order valence-corrected chi connectivity index (χ1v) is 14.2. The molecule has 0 bridgehead atoms. The van der Waals surface area contributed by atoms with E-state index in [1.165, 1.54) is 22.8 Å². The van der Waals surface area contributed by atoms with Gasteiger partial charge in [-0.2, -0.15) is 4.68 Å². The van der Waals surface area contributed by atoms with Gasteiger partial charge in [-0.25, -0.2) is 4.98 Å². The lowest BCUT2D eigenvalue weighted by molar-refractivity contribution is -0.753. The molecule has 3 aromatic rings. The highest BCUT2D eigenvalue weighted by atomic mass is 32.2. The van der Waals surface area contributed by atoms with Gasteiger partial charge in [-0.15, -0.1) is 16.0 Å². The van der Waals surface area contributed by atoms with Crippen molar-refractivity contribution in [2.45, 2.75) is 32.0 Å². The Hall–Kier alpha value is -3.66. The summed E-state index contributed by atoms with van der Waals surface area (Å²) in [6.45, 7) is 3.59. The number of carbonyl (C=O) groups is 2. The molecule has 1 aliphatic rings. The molecule has 13 nitrogen and oxygen atoms in total. The summed E-state index contributed by atoms with van der Waals surface area (Å²) in [5.74, 6) is -0.202. The topological polar surface area (TPSA) is 163 Å². The van der Waals surface area contributed by atoms with Crippen LogP contribution >= 0.6 is 23.6 Å². The molecule has 1 fully saturated rings. The van der Waals surface area contributed by atoms with Crippen molar-refractivity contribution in [1.29, 1.82) is 0 Å². The number of ether oxygens (including phenoxy) is 1. The summed E-state index contributed by atoms with van der Waals surface area (Å²) in [4.78, 5) is 34.8. The number of nitrogens with one attached hydrogen (secondary N) is 1. The van der Waals surface area contributed by atoms with E-state index in [-0.39, 0.29) is 41.7 Å². The van der Waals surface area contributed by atoms with Crippen molar-refractivity contribution < 1.29 is 28.0 Å². The second-order valence-electron chi connectivity index (χ2n) is 8.91. The zero-order chi connectivity index (χ0) is 28.6. The number of β-lactam (4-membered cyclic amide) rings is 1. The molecule has 2 amide bonds. The van der Waals surface area contributed by atoms with Crippen LogP contribution in [-0.4, -0.2) is 70.4 Å². The van der Waals surface area contributed by atoms with E-state index in [1.807, 2.05) is 36.0 Å². The van der Waals surface area contributed by atoms with E-state index in [9.17, 15) is 9.59 Å². The SMILES string of the molecule is COSN1C(=O)C(NC(=O)/C(=N\OCCOc2ccc(-c3cn(CCCN)[n+](C)c3)cc2)c2csc(N)n2)C1C. The summed E-state index contributed by atoms with van der Waals surface area (Å²) in [5.41, 5.74) is 13.7. The molecular formula is C25H33N8O5S2+. The summed E-state index contributed by atoms with van der Waals surface area (Å²) in [7, 11) is 3.47. The van der Waals surface area contributed by atoms with Crippen LogP contribution in [0.4, 0.5) is 5.13 Å². The molecule has 1 aliphatic heterocycles. The number of anilines is 1. The minimum atomic E-state index is -0.713. The van der Waals surface area contributed by atoms with E-state index in [4.69, 9.17) is 25.2 Å². The van der Waals surface area contributed by atoms with Gasteiger partial charge in [0.05, 0.1) is 31.5 Å². The third-order valence-corrected chi connectivity index (χ3v) is 7.65. The Bertz CT molecular complexity index is 1340. The zero-order valence-electron chi connectivity index (χ0n) is 22.5. The Morgan fingerprint density at radius 3 is 2.70 bits per heavy atom. The summed E-state index contributed by atoms with van der Waals surface area (Å²) in [5, 5.41) is 8.55. The molecule has 2 aromatic heterocycles. The van der Waals surface area contributed by atoms with Gasteiger partial charge in [0.25, 0.3) is 11.8 Å². The number of benzene rings is 1. The number of thiazole rings is 1. The number of nitrogen functional groups attached to an aromatic ring is 1. The van der Waals surface area contributed by atoms with E-state index < -0.39 is 11.9 Å². The van der Waals surface area contributed by atoms with Gasteiger partial charge in [-0.05, 0) is 37.6 Å². The van der Waals surface area contributed by atoms with Gasteiger partial charge in [0.1, 0.15) is 36.3 Å². The van der Waals surface area contributed by atoms with Crippen LogP contribution in [0.25, 0.3) is 11.1 Å². The number of hydrogen-bond donors (Lipinski definition) is 3. The molecule has 40 heavy (non-hydrogen) atoms. The third kappa shape index (κ3) is 6.91. The summed E-state index contributed by atoms with van der Waals surface area (Å²) in [6.07, 6.45) is 5.08.